The van der Waals surface area contributed by atoms with Crippen LogP contribution in [0.5, 0.6) is 0 Å². The van der Waals surface area contributed by atoms with Crippen LogP contribution in [0.1, 0.15) is 79.3 Å². The maximum absolute atomic E-state index is 14.3. The highest BCUT2D eigenvalue weighted by Gasteiger charge is 2.78. The molecule has 2 unspecified atom stereocenters. The van der Waals surface area contributed by atoms with Gasteiger partial charge in [0.05, 0.1) is 35.8 Å². The Bertz CT molecular complexity index is 1050. The van der Waals surface area contributed by atoms with E-state index >= 15 is 0 Å². The molecule has 4 rings (SSSR count). The SMILES string of the molecule is CCOC(=O)[C@H]1[C@H]2C(=O)N([C@H](CO)c3ccccc3)C(C(=O)NC(C)(C)CC(C)(C)C)C23CC[C@]1(C)S3. The predicted molar refractivity (Wildman–Crippen MR) is 145 cm³/mol. The molecule has 3 aliphatic rings. The Kier molecular flexibility index (Phi) is 7.25. The first-order valence-electron chi connectivity index (χ1n) is 13.4. The summed E-state index contributed by atoms with van der Waals surface area (Å²) in [5.74, 6) is -2.13. The average molecular weight is 531 g/mol. The van der Waals surface area contributed by atoms with E-state index in [0.717, 1.165) is 18.4 Å². The molecule has 1 spiro atoms. The summed E-state index contributed by atoms with van der Waals surface area (Å²) in [7, 11) is 0. The molecule has 7 nitrogen and oxygen atoms in total. The van der Waals surface area contributed by atoms with Gasteiger partial charge in [0.2, 0.25) is 11.8 Å². The van der Waals surface area contributed by atoms with Gasteiger partial charge in [-0.3, -0.25) is 14.4 Å². The molecule has 0 aliphatic carbocycles. The fourth-order valence-electron chi connectivity index (χ4n) is 7.39. The van der Waals surface area contributed by atoms with Crippen molar-refractivity contribution in [3.05, 3.63) is 35.9 Å². The summed E-state index contributed by atoms with van der Waals surface area (Å²) < 4.78 is 4.23. The second-order valence-electron chi connectivity index (χ2n) is 12.9. The normalized spacial score (nSPS) is 31.8. The first kappa shape index (κ1) is 28.0. The third kappa shape index (κ3) is 4.80. The number of aliphatic hydroxyl groups excluding tert-OH is 1. The van der Waals surface area contributed by atoms with E-state index in [1.165, 1.54) is 0 Å². The number of thioether (sulfide) groups is 1. The van der Waals surface area contributed by atoms with Crippen LogP contribution in [0, 0.1) is 17.3 Å². The molecule has 204 valence electrons. The number of fused-ring (bicyclic) bond motifs is 1. The number of ether oxygens (including phenoxy) is 1. The topological polar surface area (TPSA) is 95.9 Å². The van der Waals surface area contributed by atoms with Gasteiger partial charge in [0, 0.05) is 10.3 Å². The third-order valence-corrected chi connectivity index (χ3v) is 10.1. The van der Waals surface area contributed by atoms with Crippen molar-refractivity contribution in [3.8, 4) is 0 Å². The number of nitrogens with one attached hydrogen (secondary N) is 1. The minimum Gasteiger partial charge on any atom is -0.466 e. The molecule has 2 N–H and O–H groups in total. The molecule has 3 saturated heterocycles. The van der Waals surface area contributed by atoms with Crippen molar-refractivity contribution in [2.75, 3.05) is 13.2 Å². The first-order chi connectivity index (χ1) is 17.2. The second-order valence-corrected chi connectivity index (χ2v) is 14.8. The first-order valence-corrected chi connectivity index (χ1v) is 14.2. The van der Waals surface area contributed by atoms with E-state index in [4.69, 9.17) is 4.74 Å². The molecule has 1 aromatic rings. The van der Waals surface area contributed by atoms with Crippen LogP contribution in [0.3, 0.4) is 0 Å². The zero-order valence-corrected chi connectivity index (χ0v) is 24.0. The molecule has 8 heteroatoms. The Hall–Kier alpha value is -2.06. The quantitative estimate of drug-likeness (QED) is 0.492. The van der Waals surface area contributed by atoms with Crippen LogP contribution in [0.2, 0.25) is 0 Å². The molecule has 0 aromatic heterocycles. The number of benzene rings is 1. The summed E-state index contributed by atoms with van der Waals surface area (Å²) in [6.07, 6.45) is 2.13. The Morgan fingerprint density at radius 2 is 1.84 bits per heavy atom. The van der Waals surface area contributed by atoms with Crippen LogP contribution in [-0.4, -0.2) is 62.1 Å². The number of rotatable bonds is 8. The van der Waals surface area contributed by atoms with Crippen molar-refractivity contribution in [3.63, 3.8) is 0 Å². The van der Waals surface area contributed by atoms with Gasteiger partial charge < -0.3 is 20.1 Å². The molecular weight excluding hydrogens is 488 g/mol. The molecule has 3 aliphatic heterocycles. The van der Waals surface area contributed by atoms with E-state index in [0.29, 0.717) is 6.42 Å². The van der Waals surface area contributed by atoms with E-state index in [2.05, 4.69) is 26.1 Å². The van der Waals surface area contributed by atoms with Crippen molar-refractivity contribution < 1.29 is 24.2 Å². The highest BCUT2D eigenvalue weighted by atomic mass is 32.2. The summed E-state index contributed by atoms with van der Waals surface area (Å²) >= 11 is 1.61. The number of aliphatic hydroxyl groups is 1. The monoisotopic (exact) mass is 530 g/mol. The maximum Gasteiger partial charge on any atom is 0.311 e. The maximum atomic E-state index is 14.3. The summed E-state index contributed by atoms with van der Waals surface area (Å²) in [5, 5.41) is 13.8. The van der Waals surface area contributed by atoms with Gasteiger partial charge >= 0.3 is 5.97 Å². The van der Waals surface area contributed by atoms with Gasteiger partial charge in [-0.15, -0.1) is 11.8 Å². The van der Waals surface area contributed by atoms with Gasteiger partial charge in [0.25, 0.3) is 0 Å². The lowest BCUT2D eigenvalue weighted by atomic mass is 9.66. The van der Waals surface area contributed by atoms with Crippen LogP contribution in [0.4, 0.5) is 0 Å². The van der Waals surface area contributed by atoms with Crippen molar-refractivity contribution in [2.24, 2.45) is 17.3 Å². The zero-order valence-electron chi connectivity index (χ0n) is 23.2. The largest absolute Gasteiger partial charge is 0.466 e. The Morgan fingerprint density at radius 1 is 1.19 bits per heavy atom. The highest BCUT2D eigenvalue weighted by molar-refractivity contribution is 8.02. The van der Waals surface area contributed by atoms with E-state index in [1.54, 1.807) is 23.6 Å². The summed E-state index contributed by atoms with van der Waals surface area (Å²) in [6.45, 7) is 14.1. The van der Waals surface area contributed by atoms with Gasteiger partial charge in [0.1, 0.15) is 6.04 Å². The summed E-state index contributed by atoms with van der Waals surface area (Å²) in [5.41, 5.74) is 0.245. The van der Waals surface area contributed by atoms with Crippen LogP contribution in [0.25, 0.3) is 0 Å². The molecule has 2 bridgehead atoms. The van der Waals surface area contributed by atoms with Crippen molar-refractivity contribution in [1.82, 2.24) is 10.2 Å². The summed E-state index contributed by atoms with van der Waals surface area (Å²) in [4.78, 5) is 43.4. The zero-order chi connectivity index (χ0) is 27.4. The predicted octanol–water partition coefficient (Wildman–Crippen LogP) is 4.10. The highest BCUT2D eigenvalue weighted by Crippen LogP contribution is 2.72. The number of hydrogen-bond donors (Lipinski definition) is 2. The van der Waals surface area contributed by atoms with Crippen LogP contribution >= 0.6 is 11.8 Å². The third-order valence-electron chi connectivity index (χ3n) is 8.13. The molecular formula is C29H42N2O5S. The summed E-state index contributed by atoms with van der Waals surface area (Å²) in [6, 6.07) is 7.84. The smallest absolute Gasteiger partial charge is 0.311 e. The molecule has 1 aromatic carbocycles. The minimum absolute atomic E-state index is 0.0104. The standard InChI is InChI=1S/C29H42N2O5S/c1-8-36-25(35)21-20-24(34)31(19(16-32)18-12-10-9-11-13-18)22(29(20)15-14-28(21,7)37-29)23(33)30-27(5,6)17-26(2,3)4/h9-13,19-22,32H,8,14-17H2,1-7H3,(H,30,33)/t19-,20+,21-,22?,28+,29?/m1/s1. The lowest BCUT2D eigenvalue weighted by Gasteiger charge is -2.40. The average Bonchev–Trinajstić information content (AvgIpc) is 3.34. The Morgan fingerprint density at radius 3 is 2.41 bits per heavy atom. The second kappa shape index (κ2) is 9.60. The molecule has 37 heavy (non-hydrogen) atoms. The minimum atomic E-state index is -0.812. The van der Waals surface area contributed by atoms with E-state index < -0.39 is 39.0 Å². The van der Waals surface area contributed by atoms with Crippen molar-refractivity contribution in [2.45, 2.75) is 94.8 Å². The van der Waals surface area contributed by atoms with E-state index in [9.17, 15) is 19.5 Å². The van der Waals surface area contributed by atoms with Crippen LogP contribution < -0.4 is 5.32 Å². The Balaban J connectivity index is 1.81. The fourth-order valence-corrected chi connectivity index (χ4v) is 9.72. The van der Waals surface area contributed by atoms with E-state index in [1.807, 2.05) is 51.1 Å². The Labute approximate surface area is 225 Å². The molecule has 3 fully saturated rings. The number of amides is 2. The molecule has 3 heterocycles. The molecule has 0 saturated carbocycles. The molecule has 6 atom stereocenters. The van der Waals surface area contributed by atoms with Crippen LogP contribution in [-0.2, 0) is 19.1 Å². The lowest BCUT2D eigenvalue weighted by Crippen LogP contribution is -2.58. The van der Waals surface area contributed by atoms with Gasteiger partial charge in [-0.2, -0.15) is 0 Å². The van der Waals surface area contributed by atoms with Crippen molar-refractivity contribution >= 4 is 29.5 Å². The number of likely N-dealkylation sites (tertiary alicyclic amines) is 1. The lowest BCUT2D eigenvalue weighted by molar-refractivity contribution is -0.155. The number of esters is 1. The van der Waals surface area contributed by atoms with Gasteiger partial charge in [0.15, 0.2) is 0 Å². The van der Waals surface area contributed by atoms with Gasteiger partial charge in [-0.1, -0.05) is 51.1 Å². The van der Waals surface area contributed by atoms with E-state index in [-0.39, 0.29) is 36.4 Å². The van der Waals surface area contributed by atoms with Gasteiger partial charge in [-0.25, -0.2) is 0 Å². The number of carbonyl (C=O) groups excluding carboxylic acids is 3. The number of carbonyl (C=O) groups is 3. The van der Waals surface area contributed by atoms with Crippen LogP contribution in [0.15, 0.2) is 30.3 Å². The molecule has 0 radical (unpaired) electrons. The molecule has 2 amide bonds. The number of hydrogen-bond acceptors (Lipinski definition) is 6. The fraction of sp³-hybridized carbons (Fsp3) is 0.690. The number of nitrogens with zero attached hydrogens (tertiary/aromatic N) is 1. The van der Waals surface area contributed by atoms with Gasteiger partial charge in [-0.05, 0) is 57.9 Å². The van der Waals surface area contributed by atoms with Crippen molar-refractivity contribution in [1.29, 1.82) is 0 Å².